The van der Waals surface area contributed by atoms with Gasteiger partial charge in [0.1, 0.15) is 0 Å². The Balaban J connectivity index is 4.15. The van der Waals surface area contributed by atoms with Crippen molar-refractivity contribution in [2.75, 3.05) is 0 Å². The van der Waals surface area contributed by atoms with Gasteiger partial charge in [-0.15, -0.1) is 0 Å². The van der Waals surface area contributed by atoms with E-state index in [1.165, 1.54) is 0 Å². The first-order valence-corrected chi connectivity index (χ1v) is 6.36. The zero-order valence-corrected chi connectivity index (χ0v) is 11.0. The lowest BCUT2D eigenvalue weighted by Crippen LogP contribution is -2.49. The summed E-state index contributed by atoms with van der Waals surface area (Å²) in [6.07, 6.45) is -0.688. The van der Waals surface area contributed by atoms with Crippen molar-refractivity contribution in [3.63, 3.8) is 0 Å². The van der Waals surface area contributed by atoms with Gasteiger partial charge < -0.3 is 0 Å². The Morgan fingerprint density at radius 2 is 1.28 bits per heavy atom. The third kappa shape index (κ3) is 4.73. The number of hydrogen-bond acceptors (Lipinski definition) is 0. The number of unbranched alkanes of at least 4 members (excludes halogenated alkanes) is 5. The van der Waals surface area contributed by atoms with Gasteiger partial charge in [-0.1, -0.05) is 52.4 Å². The molecule has 0 aromatic rings. The number of halogens is 5. The zero-order valence-electron chi connectivity index (χ0n) is 11.0. The van der Waals surface area contributed by atoms with Crippen molar-refractivity contribution >= 4 is 0 Å². The molecule has 0 nitrogen and oxygen atoms in total. The van der Waals surface area contributed by atoms with Gasteiger partial charge in [0.2, 0.25) is 0 Å². The first-order valence-electron chi connectivity index (χ1n) is 6.36. The Morgan fingerprint density at radius 3 is 1.72 bits per heavy atom. The van der Waals surface area contributed by atoms with Crippen LogP contribution in [-0.4, -0.2) is 12.1 Å². The molecule has 0 aromatic heterocycles. The summed E-state index contributed by atoms with van der Waals surface area (Å²) in [7, 11) is 0. The Hall–Kier alpha value is -0.350. The van der Waals surface area contributed by atoms with Gasteiger partial charge in [-0.3, -0.25) is 0 Å². The highest BCUT2D eigenvalue weighted by Crippen LogP contribution is 2.50. The maximum absolute atomic E-state index is 13.2. The fourth-order valence-corrected chi connectivity index (χ4v) is 1.79. The molecule has 0 aromatic carbocycles. The Labute approximate surface area is 106 Å². The molecule has 0 aliphatic heterocycles. The zero-order chi connectivity index (χ0) is 14.4. The molecular formula is C13H22F5. The van der Waals surface area contributed by atoms with Crippen molar-refractivity contribution in [3.8, 4) is 0 Å². The average Bonchev–Trinajstić information content (AvgIpc) is 2.21. The quantitative estimate of drug-likeness (QED) is 0.388. The molecule has 0 spiro atoms. The van der Waals surface area contributed by atoms with Crippen LogP contribution in [0.1, 0.15) is 58.8 Å². The van der Waals surface area contributed by atoms with Gasteiger partial charge in [0.05, 0.1) is 0 Å². The Bertz CT molecular complexity index is 230. The smallest absolute Gasteiger partial charge is 0.196 e. The van der Waals surface area contributed by atoms with Gasteiger partial charge in [-0.2, -0.15) is 22.0 Å². The van der Waals surface area contributed by atoms with E-state index in [0.717, 1.165) is 32.6 Å². The minimum atomic E-state index is -5.52. The molecule has 0 aliphatic carbocycles. The normalized spacial score (nSPS) is 14.0. The van der Waals surface area contributed by atoms with Gasteiger partial charge in [0, 0.05) is 5.41 Å². The van der Waals surface area contributed by atoms with Crippen molar-refractivity contribution in [1.82, 2.24) is 0 Å². The first kappa shape index (κ1) is 17.6. The van der Waals surface area contributed by atoms with Crippen LogP contribution < -0.4 is 0 Å². The second-order valence-electron chi connectivity index (χ2n) is 5.15. The maximum atomic E-state index is 13.2. The molecule has 0 saturated carbocycles. The summed E-state index contributed by atoms with van der Waals surface area (Å²) in [6.45, 7) is 6.01. The van der Waals surface area contributed by atoms with E-state index in [1.807, 2.05) is 0 Å². The summed E-state index contributed by atoms with van der Waals surface area (Å²) in [5, 5.41) is 0. The summed E-state index contributed by atoms with van der Waals surface area (Å²) < 4.78 is 62.9. The van der Waals surface area contributed by atoms with Crippen LogP contribution in [0.4, 0.5) is 22.0 Å². The fraction of sp³-hybridized carbons (Fsp3) is 0.923. The number of hydrogen-bond donors (Lipinski definition) is 0. The second-order valence-corrected chi connectivity index (χ2v) is 5.15. The summed E-state index contributed by atoms with van der Waals surface area (Å²) in [6, 6.07) is 0. The topological polar surface area (TPSA) is 0 Å². The molecule has 0 aliphatic rings. The predicted octanol–water partition coefficient (Wildman–Crippen LogP) is 5.77. The van der Waals surface area contributed by atoms with Crippen LogP contribution in [0, 0.1) is 12.3 Å². The van der Waals surface area contributed by atoms with Crippen LogP contribution in [0.25, 0.3) is 0 Å². The van der Waals surface area contributed by atoms with Crippen molar-refractivity contribution < 1.29 is 22.0 Å². The van der Waals surface area contributed by atoms with Crippen LogP contribution >= 0.6 is 0 Å². The SMILES string of the molecule is [CH2]C(C)(CCCCCCCC)C(F)(F)C(F)(F)F. The van der Waals surface area contributed by atoms with Crippen LogP contribution in [0.15, 0.2) is 0 Å². The monoisotopic (exact) mass is 273 g/mol. The van der Waals surface area contributed by atoms with Crippen LogP contribution in [0.3, 0.4) is 0 Å². The van der Waals surface area contributed by atoms with Crippen LogP contribution in [0.5, 0.6) is 0 Å². The van der Waals surface area contributed by atoms with Crippen LogP contribution in [-0.2, 0) is 0 Å². The summed E-state index contributed by atoms with van der Waals surface area (Å²) in [5.41, 5.74) is -2.28. The highest BCUT2D eigenvalue weighted by molar-refractivity contribution is 4.95. The molecule has 5 heteroatoms. The van der Waals surface area contributed by atoms with E-state index >= 15 is 0 Å². The van der Waals surface area contributed by atoms with E-state index in [9.17, 15) is 22.0 Å². The van der Waals surface area contributed by atoms with Crippen LogP contribution in [0.2, 0.25) is 0 Å². The lowest BCUT2D eigenvalue weighted by molar-refractivity contribution is -0.317. The van der Waals surface area contributed by atoms with Crippen molar-refractivity contribution in [2.45, 2.75) is 70.9 Å². The minimum Gasteiger partial charge on any atom is -0.196 e. The fourth-order valence-electron chi connectivity index (χ4n) is 1.79. The number of alkyl halides is 5. The van der Waals surface area contributed by atoms with E-state index in [0.29, 0.717) is 12.8 Å². The van der Waals surface area contributed by atoms with Gasteiger partial charge in [-0.25, -0.2) is 0 Å². The molecule has 0 fully saturated rings. The Kier molecular flexibility index (Phi) is 6.58. The average molecular weight is 273 g/mol. The van der Waals surface area contributed by atoms with E-state index in [-0.39, 0.29) is 6.42 Å². The molecule has 109 valence electrons. The Morgan fingerprint density at radius 1 is 0.833 bits per heavy atom. The lowest BCUT2D eigenvalue weighted by Gasteiger charge is -2.35. The highest BCUT2D eigenvalue weighted by Gasteiger charge is 2.65. The summed E-state index contributed by atoms with van der Waals surface area (Å²) in [5.74, 6) is -4.73. The third-order valence-electron chi connectivity index (χ3n) is 3.20. The second kappa shape index (κ2) is 6.71. The van der Waals surface area contributed by atoms with Gasteiger partial charge >= 0.3 is 12.1 Å². The molecule has 0 amide bonds. The predicted molar refractivity (Wildman–Crippen MR) is 62.5 cm³/mol. The van der Waals surface area contributed by atoms with Gasteiger partial charge in [-0.05, 0) is 13.3 Å². The molecule has 18 heavy (non-hydrogen) atoms. The van der Waals surface area contributed by atoms with Gasteiger partial charge in [0.15, 0.2) is 0 Å². The van der Waals surface area contributed by atoms with E-state index in [1.54, 1.807) is 0 Å². The van der Waals surface area contributed by atoms with Crippen molar-refractivity contribution in [3.05, 3.63) is 6.92 Å². The summed E-state index contributed by atoms with van der Waals surface area (Å²) in [4.78, 5) is 0. The first-order chi connectivity index (χ1) is 8.06. The largest absolute Gasteiger partial charge is 0.453 e. The highest BCUT2D eigenvalue weighted by atomic mass is 19.4. The molecule has 1 unspecified atom stereocenters. The standard InChI is InChI=1S/C13H22F5/c1-4-5-6-7-8-9-10-11(2,3)12(14,15)13(16,17)18/h2,4-10H2,1,3H3. The molecule has 0 N–H and O–H groups in total. The molecule has 0 rings (SSSR count). The molecule has 1 radical (unpaired) electrons. The number of rotatable bonds is 8. The molecular weight excluding hydrogens is 251 g/mol. The van der Waals surface area contributed by atoms with Gasteiger partial charge in [0.25, 0.3) is 0 Å². The third-order valence-corrected chi connectivity index (χ3v) is 3.20. The molecule has 0 heterocycles. The molecule has 1 atom stereocenters. The molecule has 0 saturated heterocycles. The lowest BCUT2D eigenvalue weighted by atomic mass is 9.80. The summed E-state index contributed by atoms with van der Waals surface area (Å²) >= 11 is 0. The van der Waals surface area contributed by atoms with Crippen molar-refractivity contribution in [2.24, 2.45) is 5.41 Å². The van der Waals surface area contributed by atoms with Crippen molar-refractivity contribution in [1.29, 1.82) is 0 Å². The van der Waals surface area contributed by atoms with E-state index in [4.69, 9.17) is 0 Å². The van der Waals surface area contributed by atoms with E-state index < -0.39 is 17.5 Å². The minimum absolute atomic E-state index is 0.217. The molecule has 0 bridgehead atoms. The maximum Gasteiger partial charge on any atom is 0.453 e. The van der Waals surface area contributed by atoms with E-state index in [2.05, 4.69) is 13.8 Å².